The highest BCUT2D eigenvalue weighted by Crippen LogP contribution is 2.23. The van der Waals surface area contributed by atoms with Crippen molar-refractivity contribution >= 4 is 32.9 Å². The van der Waals surface area contributed by atoms with Crippen LogP contribution < -0.4 is 10.1 Å². The minimum atomic E-state index is -0.116. The zero-order valence-corrected chi connectivity index (χ0v) is 19.9. The van der Waals surface area contributed by atoms with Gasteiger partial charge in [-0.3, -0.25) is 4.79 Å². The van der Waals surface area contributed by atoms with E-state index in [4.69, 9.17) is 9.72 Å². The van der Waals surface area contributed by atoms with Crippen LogP contribution in [0, 0.1) is 13.8 Å². The summed E-state index contributed by atoms with van der Waals surface area (Å²) in [5, 5.41) is 3.00. The van der Waals surface area contributed by atoms with Crippen LogP contribution in [0.25, 0.3) is 11.0 Å². The van der Waals surface area contributed by atoms with Crippen molar-refractivity contribution < 1.29 is 9.53 Å². The third-order valence-electron chi connectivity index (χ3n) is 5.43. The topological polar surface area (TPSA) is 56.1 Å². The Hall–Kier alpha value is -3.12. The number of aryl methyl sites for hydroxylation is 3. The first-order valence-electron chi connectivity index (χ1n) is 10.7. The number of fused-ring (bicyclic) bond motifs is 1. The maximum Gasteiger partial charge on any atom is 0.251 e. The molecule has 0 atom stereocenters. The molecule has 4 aromatic rings. The molecule has 0 fully saturated rings. The molecule has 4 rings (SSSR count). The van der Waals surface area contributed by atoms with Crippen LogP contribution in [0.5, 0.6) is 5.75 Å². The number of benzene rings is 3. The van der Waals surface area contributed by atoms with E-state index < -0.39 is 0 Å². The van der Waals surface area contributed by atoms with E-state index in [1.165, 1.54) is 0 Å². The van der Waals surface area contributed by atoms with Crippen LogP contribution in [0.1, 0.15) is 33.7 Å². The van der Waals surface area contributed by atoms with Crippen molar-refractivity contribution in [2.24, 2.45) is 0 Å². The summed E-state index contributed by atoms with van der Waals surface area (Å²) in [7, 11) is 0. The van der Waals surface area contributed by atoms with E-state index in [1.54, 1.807) is 12.1 Å². The highest BCUT2D eigenvalue weighted by Gasteiger charge is 2.13. The summed E-state index contributed by atoms with van der Waals surface area (Å²) in [5.41, 5.74) is 4.91. The predicted molar refractivity (Wildman–Crippen MR) is 131 cm³/mol. The van der Waals surface area contributed by atoms with Crippen LogP contribution in [0.2, 0.25) is 0 Å². The Morgan fingerprint density at radius 3 is 2.47 bits per heavy atom. The number of imidazole rings is 1. The maximum atomic E-state index is 12.6. The number of para-hydroxylation sites is 3. The first-order chi connectivity index (χ1) is 15.5. The third kappa shape index (κ3) is 5.02. The summed E-state index contributed by atoms with van der Waals surface area (Å²) in [6.45, 7) is 5.87. The number of ether oxygens (including phenoxy) is 1. The summed E-state index contributed by atoms with van der Waals surface area (Å²) in [5.74, 6) is 1.68. The van der Waals surface area contributed by atoms with Gasteiger partial charge in [-0.15, -0.1) is 0 Å². The zero-order valence-electron chi connectivity index (χ0n) is 18.3. The molecule has 164 valence electrons. The van der Waals surface area contributed by atoms with Gasteiger partial charge in [-0.25, -0.2) is 4.98 Å². The molecule has 1 aromatic heterocycles. The van der Waals surface area contributed by atoms with Crippen LogP contribution >= 0.6 is 15.9 Å². The lowest BCUT2D eigenvalue weighted by atomic mass is 10.1. The van der Waals surface area contributed by atoms with E-state index >= 15 is 0 Å². The number of amides is 1. The van der Waals surface area contributed by atoms with Crippen LogP contribution in [0.3, 0.4) is 0 Å². The van der Waals surface area contributed by atoms with Gasteiger partial charge in [0, 0.05) is 16.6 Å². The van der Waals surface area contributed by atoms with Gasteiger partial charge in [0.25, 0.3) is 5.91 Å². The number of carbonyl (C=O) groups is 1. The van der Waals surface area contributed by atoms with Crippen LogP contribution in [0.15, 0.2) is 71.2 Å². The lowest BCUT2D eigenvalue weighted by Gasteiger charge is -2.13. The summed E-state index contributed by atoms with van der Waals surface area (Å²) in [4.78, 5) is 17.3. The van der Waals surface area contributed by atoms with Crippen molar-refractivity contribution in [3.05, 3.63) is 93.7 Å². The molecule has 5 nitrogen and oxygen atoms in total. The van der Waals surface area contributed by atoms with Gasteiger partial charge < -0.3 is 14.6 Å². The number of aromatic nitrogens is 2. The monoisotopic (exact) mass is 491 g/mol. The number of nitrogens with zero attached hydrogens (tertiary/aromatic N) is 2. The third-order valence-corrected chi connectivity index (χ3v) is 5.96. The molecule has 0 aliphatic rings. The fraction of sp³-hybridized carbons (Fsp3) is 0.231. The highest BCUT2D eigenvalue weighted by molar-refractivity contribution is 9.10. The number of hydrogen-bond donors (Lipinski definition) is 1. The van der Waals surface area contributed by atoms with Gasteiger partial charge in [-0.1, -0.05) is 46.3 Å². The molecule has 0 aliphatic carbocycles. The number of halogens is 1. The molecule has 0 spiro atoms. The largest absolute Gasteiger partial charge is 0.493 e. The predicted octanol–water partition coefficient (Wildman–Crippen LogP) is 5.81. The van der Waals surface area contributed by atoms with E-state index in [0.29, 0.717) is 18.7 Å². The lowest BCUT2D eigenvalue weighted by molar-refractivity contribution is 0.0949. The smallest absolute Gasteiger partial charge is 0.251 e. The molecule has 0 bridgehead atoms. The number of rotatable bonds is 8. The molecule has 0 unspecified atom stereocenters. The van der Waals surface area contributed by atoms with E-state index in [1.807, 2.05) is 36.4 Å². The van der Waals surface area contributed by atoms with Crippen molar-refractivity contribution in [3.63, 3.8) is 0 Å². The van der Waals surface area contributed by atoms with Crippen molar-refractivity contribution in [2.75, 3.05) is 6.61 Å². The summed E-state index contributed by atoms with van der Waals surface area (Å²) in [6.07, 6.45) is 0.835. The number of carbonyl (C=O) groups excluding carboxylic acids is 1. The standard InChI is InChI=1S/C26H26BrN3O2/c1-18-7-5-8-19(2)25(18)32-16-6-15-30-23-10-4-3-9-22(23)29-24(30)17-28-26(31)20-11-13-21(27)14-12-20/h3-5,7-14H,6,15-17H2,1-2H3,(H,28,31). The fourth-order valence-corrected chi connectivity index (χ4v) is 4.06. The molecule has 0 aliphatic heterocycles. The van der Waals surface area contributed by atoms with Crippen LogP contribution in [-0.4, -0.2) is 22.1 Å². The van der Waals surface area contributed by atoms with Gasteiger partial charge in [0.05, 0.1) is 24.2 Å². The van der Waals surface area contributed by atoms with Gasteiger partial charge in [0.2, 0.25) is 0 Å². The molecule has 3 aromatic carbocycles. The number of nitrogens with one attached hydrogen (secondary N) is 1. The SMILES string of the molecule is Cc1cccc(C)c1OCCCn1c(CNC(=O)c2ccc(Br)cc2)nc2ccccc21. The normalized spacial score (nSPS) is 11.0. The molecule has 1 N–H and O–H groups in total. The Bertz CT molecular complexity index is 1210. The summed E-state index contributed by atoms with van der Waals surface area (Å²) < 4.78 is 9.19. The maximum absolute atomic E-state index is 12.6. The van der Waals surface area contributed by atoms with Crippen molar-refractivity contribution in [3.8, 4) is 5.75 Å². The molecule has 0 saturated carbocycles. The molecule has 0 radical (unpaired) electrons. The van der Waals surface area contributed by atoms with Crippen molar-refractivity contribution in [2.45, 2.75) is 33.4 Å². The average Bonchev–Trinajstić information content (AvgIpc) is 3.14. The van der Waals surface area contributed by atoms with Crippen molar-refractivity contribution in [1.82, 2.24) is 14.9 Å². The van der Waals surface area contributed by atoms with Crippen LogP contribution in [0.4, 0.5) is 0 Å². The molecular formula is C26H26BrN3O2. The van der Waals surface area contributed by atoms with Gasteiger partial charge >= 0.3 is 0 Å². The van der Waals surface area contributed by atoms with Crippen LogP contribution in [-0.2, 0) is 13.1 Å². The molecule has 6 heteroatoms. The summed E-state index contributed by atoms with van der Waals surface area (Å²) in [6, 6.07) is 21.6. The molecule has 0 saturated heterocycles. The van der Waals surface area contributed by atoms with E-state index in [-0.39, 0.29) is 5.91 Å². The van der Waals surface area contributed by atoms with Gasteiger partial charge in [0.15, 0.2) is 0 Å². The first kappa shape index (κ1) is 22.1. The second kappa shape index (κ2) is 10.0. The zero-order chi connectivity index (χ0) is 22.5. The lowest BCUT2D eigenvalue weighted by Crippen LogP contribution is -2.25. The Labute approximate surface area is 196 Å². The Kier molecular flexibility index (Phi) is 6.90. The van der Waals surface area contributed by atoms with E-state index in [2.05, 4.69) is 57.9 Å². The van der Waals surface area contributed by atoms with E-state index in [0.717, 1.165) is 51.2 Å². The van der Waals surface area contributed by atoms with Gasteiger partial charge in [-0.05, 0) is 67.8 Å². The Balaban J connectivity index is 1.44. The Morgan fingerprint density at radius 2 is 1.72 bits per heavy atom. The average molecular weight is 492 g/mol. The van der Waals surface area contributed by atoms with E-state index in [9.17, 15) is 4.79 Å². The fourth-order valence-electron chi connectivity index (χ4n) is 3.80. The quantitative estimate of drug-likeness (QED) is 0.316. The highest BCUT2D eigenvalue weighted by atomic mass is 79.9. The molecule has 1 heterocycles. The van der Waals surface area contributed by atoms with Crippen molar-refractivity contribution in [1.29, 1.82) is 0 Å². The first-order valence-corrected chi connectivity index (χ1v) is 11.5. The molecule has 1 amide bonds. The molecule has 32 heavy (non-hydrogen) atoms. The Morgan fingerprint density at radius 1 is 1.00 bits per heavy atom. The number of hydrogen-bond acceptors (Lipinski definition) is 3. The summed E-state index contributed by atoms with van der Waals surface area (Å²) >= 11 is 3.40. The minimum absolute atomic E-state index is 0.116. The van der Waals surface area contributed by atoms with Gasteiger partial charge in [-0.2, -0.15) is 0 Å². The second-order valence-corrected chi connectivity index (χ2v) is 8.70. The van der Waals surface area contributed by atoms with Gasteiger partial charge in [0.1, 0.15) is 11.6 Å². The second-order valence-electron chi connectivity index (χ2n) is 7.78. The molecular weight excluding hydrogens is 466 g/mol. The minimum Gasteiger partial charge on any atom is -0.493 e.